The molecule has 0 radical (unpaired) electrons. The second kappa shape index (κ2) is 5.16. The monoisotopic (exact) mass is 221 g/mol. The highest BCUT2D eigenvalue weighted by atomic mass is 16.5. The fourth-order valence-electron chi connectivity index (χ4n) is 2.01. The molecule has 4 heteroatoms. The zero-order chi connectivity index (χ0) is 11.4. The minimum Gasteiger partial charge on any atom is -0.478 e. The number of nitrogens with zero attached hydrogens (tertiary/aromatic N) is 2. The number of ether oxygens (including phenoxy) is 1. The molecule has 1 saturated heterocycles. The van der Waals surface area contributed by atoms with E-state index >= 15 is 0 Å². The van der Waals surface area contributed by atoms with Gasteiger partial charge in [-0.15, -0.1) is 0 Å². The topological polar surface area (TPSA) is 37.4 Å². The van der Waals surface area contributed by atoms with Gasteiger partial charge in [0.25, 0.3) is 0 Å². The fraction of sp³-hybridized carbons (Fsp3) is 0.583. The molecule has 0 bridgehead atoms. The predicted octanol–water partition coefficient (Wildman–Crippen LogP) is 1.28. The van der Waals surface area contributed by atoms with Gasteiger partial charge in [0.2, 0.25) is 5.88 Å². The van der Waals surface area contributed by atoms with Crippen LogP contribution in [0.2, 0.25) is 0 Å². The Bertz CT molecular complexity index is 343. The number of pyridine rings is 1. The van der Waals surface area contributed by atoms with Crippen LogP contribution in [-0.4, -0.2) is 37.8 Å². The number of likely N-dealkylation sites (N-methyl/N-ethyl adjacent to an activating group) is 1. The van der Waals surface area contributed by atoms with Crippen LogP contribution in [0.25, 0.3) is 0 Å². The number of hydrogen-bond donors (Lipinski definition) is 1. The maximum atomic E-state index is 5.41. The van der Waals surface area contributed by atoms with Crippen LogP contribution < -0.4 is 15.0 Å². The smallest absolute Gasteiger partial charge is 0.215 e. The van der Waals surface area contributed by atoms with Gasteiger partial charge in [0, 0.05) is 25.2 Å². The summed E-state index contributed by atoms with van der Waals surface area (Å²) in [6.07, 6.45) is 1.18. The molecule has 1 N–H and O–H groups in total. The van der Waals surface area contributed by atoms with Gasteiger partial charge in [-0.3, -0.25) is 0 Å². The van der Waals surface area contributed by atoms with E-state index in [-0.39, 0.29) is 0 Å². The van der Waals surface area contributed by atoms with Crippen molar-refractivity contribution in [3.63, 3.8) is 0 Å². The third-order valence-corrected chi connectivity index (χ3v) is 2.92. The van der Waals surface area contributed by atoms with Crippen LogP contribution in [0.3, 0.4) is 0 Å². The minimum absolute atomic E-state index is 0.581. The van der Waals surface area contributed by atoms with Crippen LogP contribution in [0.4, 0.5) is 5.82 Å². The van der Waals surface area contributed by atoms with Crippen molar-refractivity contribution in [2.24, 2.45) is 0 Å². The lowest BCUT2D eigenvalue weighted by atomic mass is 10.3. The molecular weight excluding hydrogens is 202 g/mol. The van der Waals surface area contributed by atoms with Crippen molar-refractivity contribution in [2.45, 2.75) is 19.4 Å². The zero-order valence-corrected chi connectivity index (χ0v) is 9.94. The SMILES string of the molecule is CCOc1cccc(N2CCC(NC)C2)n1. The molecule has 2 heterocycles. The Kier molecular flexibility index (Phi) is 3.62. The molecule has 0 amide bonds. The van der Waals surface area contributed by atoms with Gasteiger partial charge >= 0.3 is 0 Å². The summed E-state index contributed by atoms with van der Waals surface area (Å²) < 4.78 is 5.41. The Hall–Kier alpha value is -1.29. The predicted molar refractivity (Wildman–Crippen MR) is 65.1 cm³/mol. The number of aromatic nitrogens is 1. The maximum Gasteiger partial charge on any atom is 0.215 e. The highest BCUT2D eigenvalue weighted by Crippen LogP contribution is 2.20. The average Bonchev–Trinajstić information content (AvgIpc) is 2.78. The summed E-state index contributed by atoms with van der Waals surface area (Å²) >= 11 is 0. The molecule has 4 nitrogen and oxygen atoms in total. The molecule has 1 aromatic heterocycles. The standard InChI is InChI=1S/C12H19N3O/c1-3-16-12-6-4-5-11(14-12)15-8-7-10(9-15)13-2/h4-6,10,13H,3,7-9H2,1-2H3. The third kappa shape index (κ3) is 2.44. The highest BCUT2D eigenvalue weighted by Gasteiger charge is 2.21. The van der Waals surface area contributed by atoms with Gasteiger partial charge in [-0.25, -0.2) is 0 Å². The summed E-state index contributed by atoms with van der Waals surface area (Å²) in [5, 5.41) is 3.30. The summed E-state index contributed by atoms with van der Waals surface area (Å²) in [5.74, 6) is 1.73. The first-order valence-corrected chi connectivity index (χ1v) is 5.85. The molecular formula is C12H19N3O. The van der Waals surface area contributed by atoms with Crippen LogP contribution in [0.1, 0.15) is 13.3 Å². The summed E-state index contributed by atoms with van der Waals surface area (Å²) in [6.45, 7) is 4.73. The largest absolute Gasteiger partial charge is 0.478 e. The molecule has 0 aromatic carbocycles. The number of anilines is 1. The first-order chi connectivity index (χ1) is 7.83. The molecule has 1 aromatic rings. The van der Waals surface area contributed by atoms with Gasteiger partial charge in [-0.1, -0.05) is 6.07 Å². The average molecular weight is 221 g/mol. The van der Waals surface area contributed by atoms with Gasteiger partial charge in [-0.05, 0) is 26.5 Å². The number of rotatable bonds is 4. The van der Waals surface area contributed by atoms with E-state index in [0.717, 1.165) is 18.9 Å². The van der Waals surface area contributed by atoms with Gasteiger partial charge in [0.15, 0.2) is 0 Å². The van der Waals surface area contributed by atoms with Crippen LogP contribution in [-0.2, 0) is 0 Å². The highest BCUT2D eigenvalue weighted by molar-refractivity contribution is 5.42. The Labute approximate surface area is 96.6 Å². The van der Waals surface area contributed by atoms with Crippen molar-refractivity contribution in [3.8, 4) is 5.88 Å². The summed E-state index contributed by atoms with van der Waals surface area (Å²) in [4.78, 5) is 6.78. The van der Waals surface area contributed by atoms with Gasteiger partial charge in [0.05, 0.1) is 6.61 Å². The normalized spacial score (nSPS) is 20.1. The lowest BCUT2D eigenvalue weighted by Crippen LogP contribution is -2.29. The minimum atomic E-state index is 0.581. The van der Waals surface area contributed by atoms with E-state index in [1.807, 2.05) is 32.2 Å². The summed E-state index contributed by atoms with van der Waals surface area (Å²) in [7, 11) is 2.01. The lowest BCUT2D eigenvalue weighted by molar-refractivity contribution is 0.327. The molecule has 1 aliphatic rings. The Morgan fingerprint density at radius 3 is 3.12 bits per heavy atom. The first kappa shape index (κ1) is 11.2. The van der Waals surface area contributed by atoms with Crippen molar-refractivity contribution >= 4 is 5.82 Å². The molecule has 1 atom stereocenters. The maximum absolute atomic E-state index is 5.41. The van der Waals surface area contributed by atoms with Crippen LogP contribution in [0.15, 0.2) is 18.2 Å². The lowest BCUT2D eigenvalue weighted by Gasteiger charge is -2.17. The fourth-order valence-corrected chi connectivity index (χ4v) is 2.01. The van der Waals surface area contributed by atoms with Crippen molar-refractivity contribution < 1.29 is 4.74 Å². The van der Waals surface area contributed by atoms with E-state index < -0.39 is 0 Å². The van der Waals surface area contributed by atoms with Crippen molar-refractivity contribution in [1.82, 2.24) is 10.3 Å². The van der Waals surface area contributed by atoms with Crippen molar-refractivity contribution in [3.05, 3.63) is 18.2 Å². The van der Waals surface area contributed by atoms with E-state index in [1.54, 1.807) is 0 Å². The Morgan fingerprint density at radius 1 is 1.56 bits per heavy atom. The van der Waals surface area contributed by atoms with Crippen molar-refractivity contribution in [2.75, 3.05) is 31.6 Å². The molecule has 0 spiro atoms. The molecule has 0 saturated carbocycles. The molecule has 1 unspecified atom stereocenters. The van der Waals surface area contributed by atoms with E-state index in [0.29, 0.717) is 18.5 Å². The van der Waals surface area contributed by atoms with Crippen LogP contribution in [0, 0.1) is 0 Å². The third-order valence-electron chi connectivity index (χ3n) is 2.92. The summed E-state index contributed by atoms with van der Waals surface area (Å²) in [6, 6.07) is 6.52. The molecule has 16 heavy (non-hydrogen) atoms. The Morgan fingerprint density at radius 2 is 2.44 bits per heavy atom. The molecule has 1 aliphatic heterocycles. The van der Waals surface area contributed by atoms with E-state index in [2.05, 4.69) is 15.2 Å². The quantitative estimate of drug-likeness (QED) is 0.831. The molecule has 88 valence electrons. The Balaban J connectivity index is 2.06. The van der Waals surface area contributed by atoms with Gasteiger partial charge in [-0.2, -0.15) is 4.98 Å². The first-order valence-electron chi connectivity index (χ1n) is 5.85. The van der Waals surface area contributed by atoms with E-state index in [9.17, 15) is 0 Å². The van der Waals surface area contributed by atoms with Gasteiger partial charge < -0.3 is 15.0 Å². The summed E-state index contributed by atoms with van der Waals surface area (Å²) in [5.41, 5.74) is 0. The molecule has 1 fully saturated rings. The van der Waals surface area contributed by atoms with Crippen LogP contribution >= 0.6 is 0 Å². The van der Waals surface area contributed by atoms with E-state index in [4.69, 9.17) is 4.74 Å². The number of nitrogens with one attached hydrogen (secondary N) is 1. The van der Waals surface area contributed by atoms with Crippen molar-refractivity contribution in [1.29, 1.82) is 0 Å². The van der Waals surface area contributed by atoms with Gasteiger partial charge in [0.1, 0.15) is 5.82 Å². The second-order valence-corrected chi connectivity index (χ2v) is 3.99. The zero-order valence-electron chi connectivity index (χ0n) is 9.94. The van der Waals surface area contributed by atoms with Crippen LogP contribution in [0.5, 0.6) is 5.88 Å². The molecule has 2 rings (SSSR count). The molecule has 0 aliphatic carbocycles. The van der Waals surface area contributed by atoms with E-state index in [1.165, 1.54) is 6.42 Å². The second-order valence-electron chi connectivity index (χ2n) is 3.99. The number of hydrogen-bond acceptors (Lipinski definition) is 4.